The SMILES string of the molecule is COC(=O)CCN1CCCC1CC(O)c1ccco1. The molecule has 2 unspecified atom stereocenters. The summed E-state index contributed by atoms with van der Waals surface area (Å²) in [6, 6.07) is 3.88. The Morgan fingerprint density at radius 1 is 1.68 bits per heavy atom. The van der Waals surface area contributed by atoms with Crippen molar-refractivity contribution < 1.29 is 19.1 Å². The normalized spacial score (nSPS) is 21.5. The zero-order valence-electron chi connectivity index (χ0n) is 11.2. The highest BCUT2D eigenvalue weighted by atomic mass is 16.5. The number of aliphatic hydroxyl groups excluding tert-OH is 1. The number of likely N-dealkylation sites (tertiary alicyclic amines) is 1. The number of nitrogens with zero attached hydrogens (tertiary/aromatic N) is 1. The van der Waals surface area contributed by atoms with Crippen LogP contribution >= 0.6 is 0 Å². The number of hydrogen-bond donors (Lipinski definition) is 1. The zero-order chi connectivity index (χ0) is 13.7. The minimum atomic E-state index is -0.571. The van der Waals surface area contributed by atoms with Crippen LogP contribution < -0.4 is 0 Å². The van der Waals surface area contributed by atoms with Crippen LogP contribution in [-0.4, -0.2) is 42.2 Å². The van der Waals surface area contributed by atoms with Crippen LogP contribution in [0.3, 0.4) is 0 Å². The predicted octanol–water partition coefficient (Wildman–Crippen LogP) is 1.73. The summed E-state index contributed by atoms with van der Waals surface area (Å²) in [5, 5.41) is 10.1. The number of hydrogen-bond acceptors (Lipinski definition) is 5. The molecule has 2 atom stereocenters. The van der Waals surface area contributed by atoms with Gasteiger partial charge in [-0.3, -0.25) is 9.69 Å². The molecule has 0 aromatic carbocycles. The van der Waals surface area contributed by atoms with Gasteiger partial charge < -0.3 is 14.3 Å². The van der Waals surface area contributed by atoms with Crippen LogP contribution in [0.2, 0.25) is 0 Å². The van der Waals surface area contributed by atoms with Crippen molar-refractivity contribution in [2.24, 2.45) is 0 Å². The van der Waals surface area contributed by atoms with Gasteiger partial charge in [0.15, 0.2) is 0 Å². The number of aliphatic hydroxyl groups is 1. The van der Waals surface area contributed by atoms with Crippen molar-refractivity contribution in [3.05, 3.63) is 24.2 Å². The van der Waals surface area contributed by atoms with Crippen molar-refractivity contribution >= 4 is 5.97 Å². The first-order valence-electron chi connectivity index (χ1n) is 6.73. The molecule has 0 amide bonds. The second-order valence-corrected chi connectivity index (χ2v) is 4.93. The van der Waals surface area contributed by atoms with E-state index in [1.54, 1.807) is 18.4 Å². The lowest BCUT2D eigenvalue weighted by molar-refractivity contribution is -0.141. The fourth-order valence-electron chi connectivity index (χ4n) is 2.65. The summed E-state index contributed by atoms with van der Waals surface area (Å²) in [6.45, 7) is 1.68. The number of esters is 1. The van der Waals surface area contributed by atoms with Gasteiger partial charge in [0, 0.05) is 12.6 Å². The Bertz CT molecular complexity index is 390. The number of carbonyl (C=O) groups excluding carboxylic acids is 1. The number of furan rings is 1. The summed E-state index contributed by atoms with van der Waals surface area (Å²) in [5.41, 5.74) is 0. The molecular weight excluding hydrogens is 246 g/mol. The number of rotatable bonds is 6. The first kappa shape index (κ1) is 14.1. The molecule has 2 heterocycles. The molecule has 1 fully saturated rings. The Morgan fingerprint density at radius 3 is 3.21 bits per heavy atom. The highest BCUT2D eigenvalue weighted by Crippen LogP contribution is 2.27. The Hall–Kier alpha value is -1.33. The fraction of sp³-hybridized carbons (Fsp3) is 0.643. The maximum Gasteiger partial charge on any atom is 0.306 e. The molecule has 1 aromatic rings. The van der Waals surface area contributed by atoms with Crippen LogP contribution in [0.15, 0.2) is 22.8 Å². The molecule has 1 aromatic heterocycles. The van der Waals surface area contributed by atoms with Crippen molar-refractivity contribution in [1.82, 2.24) is 4.90 Å². The highest BCUT2D eigenvalue weighted by Gasteiger charge is 2.28. The lowest BCUT2D eigenvalue weighted by Gasteiger charge is -2.25. The van der Waals surface area contributed by atoms with E-state index in [-0.39, 0.29) is 5.97 Å². The molecule has 0 bridgehead atoms. The van der Waals surface area contributed by atoms with E-state index in [4.69, 9.17) is 4.42 Å². The monoisotopic (exact) mass is 267 g/mol. The summed E-state index contributed by atoms with van der Waals surface area (Å²) in [5.74, 6) is 0.428. The summed E-state index contributed by atoms with van der Waals surface area (Å²) in [6.07, 6.45) is 4.22. The van der Waals surface area contributed by atoms with E-state index in [2.05, 4.69) is 9.64 Å². The van der Waals surface area contributed by atoms with E-state index in [9.17, 15) is 9.90 Å². The molecule has 5 nitrogen and oxygen atoms in total. The molecule has 1 aliphatic rings. The van der Waals surface area contributed by atoms with E-state index in [1.807, 2.05) is 0 Å². The molecule has 1 N–H and O–H groups in total. The first-order chi connectivity index (χ1) is 9.20. The summed E-state index contributed by atoms with van der Waals surface area (Å²) in [4.78, 5) is 13.4. The van der Waals surface area contributed by atoms with E-state index in [1.165, 1.54) is 7.11 Å². The van der Waals surface area contributed by atoms with Gasteiger partial charge in [0.05, 0.1) is 19.8 Å². The van der Waals surface area contributed by atoms with Gasteiger partial charge in [-0.25, -0.2) is 0 Å². The van der Waals surface area contributed by atoms with Crippen molar-refractivity contribution in [2.75, 3.05) is 20.2 Å². The third-order valence-electron chi connectivity index (χ3n) is 3.70. The van der Waals surface area contributed by atoms with E-state index in [0.29, 0.717) is 31.2 Å². The summed E-state index contributed by atoms with van der Waals surface area (Å²) in [7, 11) is 1.41. The molecule has 0 aliphatic carbocycles. The second-order valence-electron chi connectivity index (χ2n) is 4.93. The van der Waals surface area contributed by atoms with Gasteiger partial charge in [-0.1, -0.05) is 0 Å². The third-order valence-corrected chi connectivity index (χ3v) is 3.70. The van der Waals surface area contributed by atoms with E-state index >= 15 is 0 Å². The number of methoxy groups -OCH3 is 1. The lowest BCUT2D eigenvalue weighted by atomic mass is 10.1. The van der Waals surface area contributed by atoms with Gasteiger partial charge in [0.1, 0.15) is 11.9 Å². The standard InChI is InChI=1S/C14H21NO4/c1-18-14(17)6-8-15-7-2-4-11(15)10-12(16)13-5-3-9-19-13/h3,5,9,11-12,16H,2,4,6-8,10H2,1H3. The van der Waals surface area contributed by atoms with Crippen molar-refractivity contribution in [3.63, 3.8) is 0 Å². The van der Waals surface area contributed by atoms with Gasteiger partial charge >= 0.3 is 5.97 Å². The summed E-state index contributed by atoms with van der Waals surface area (Å²) < 4.78 is 9.87. The number of carbonyl (C=O) groups is 1. The molecule has 0 spiro atoms. The minimum Gasteiger partial charge on any atom is -0.469 e. The second kappa shape index (κ2) is 6.73. The smallest absolute Gasteiger partial charge is 0.306 e. The van der Waals surface area contributed by atoms with E-state index < -0.39 is 6.10 Å². The molecule has 19 heavy (non-hydrogen) atoms. The molecule has 5 heteroatoms. The Kier molecular flexibility index (Phi) is 4.99. The topological polar surface area (TPSA) is 62.9 Å². The first-order valence-corrected chi connectivity index (χ1v) is 6.73. The van der Waals surface area contributed by atoms with Gasteiger partial charge in [-0.15, -0.1) is 0 Å². The maximum atomic E-state index is 11.2. The average molecular weight is 267 g/mol. The lowest BCUT2D eigenvalue weighted by Crippen LogP contribution is -2.32. The van der Waals surface area contributed by atoms with Crippen LogP contribution in [-0.2, 0) is 9.53 Å². The van der Waals surface area contributed by atoms with Crippen molar-refractivity contribution in [2.45, 2.75) is 37.8 Å². The highest BCUT2D eigenvalue weighted by molar-refractivity contribution is 5.69. The van der Waals surface area contributed by atoms with Gasteiger partial charge in [0.2, 0.25) is 0 Å². The Morgan fingerprint density at radius 2 is 2.53 bits per heavy atom. The van der Waals surface area contributed by atoms with Crippen LogP contribution in [0, 0.1) is 0 Å². The molecule has 2 rings (SSSR count). The van der Waals surface area contributed by atoms with E-state index in [0.717, 1.165) is 19.4 Å². The molecule has 0 radical (unpaired) electrons. The largest absolute Gasteiger partial charge is 0.469 e. The number of ether oxygens (including phenoxy) is 1. The maximum absolute atomic E-state index is 11.2. The molecule has 0 saturated carbocycles. The fourth-order valence-corrected chi connectivity index (χ4v) is 2.65. The quantitative estimate of drug-likeness (QED) is 0.795. The average Bonchev–Trinajstić information content (AvgIpc) is 3.07. The van der Waals surface area contributed by atoms with Gasteiger partial charge in [-0.05, 0) is 37.9 Å². The predicted molar refractivity (Wildman–Crippen MR) is 69.5 cm³/mol. The molecular formula is C14H21NO4. The van der Waals surface area contributed by atoms with Crippen LogP contribution in [0.1, 0.15) is 37.5 Å². The van der Waals surface area contributed by atoms with Gasteiger partial charge in [0.25, 0.3) is 0 Å². The molecule has 106 valence electrons. The third kappa shape index (κ3) is 3.81. The van der Waals surface area contributed by atoms with Crippen LogP contribution in [0.5, 0.6) is 0 Å². The van der Waals surface area contributed by atoms with Crippen LogP contribution in [0.4, 0.5) is 0 Å². The zero-order valence-corrected chi connectivity index (χ0v) is 11.2. The summed E-state index contributed by atoms with van der Waals surface area (Å²) >= 11 is 0. The van der Waals surface area contributed by atoms with Crippen molar-refractivity contribution in [3.8, 4) is 0 Å². The van der Waals surface area contributed by atoms with Gasteiger partial charge in [-0.2, -0.15) is 0 Å². The molecule has 1 saturated heterocycles. The Labute approximate surface area is 113 Å². The molecule has 1 aliphatic heterocycles. The van der Waals surface area contributed by atoms with Crippen molar-refractivity contribution in [1.29, 1.82) is 0 Å². The van der Waals surface area contributed by atoms with Crippen LogP contribution in [0.25, 0.3) is 0 Å². The Balaban J connectivity index is 1.83. The minimum absolute atomic E-state index is 0.183.